The average molecular weight is 240 g/mol. The number of thioether (sulfide) groups is 1. The quantitative estimate of drug-likeness (QED) is 0.753. The molecule has 2 aliphatic rings. The first-order valence-corrected chi connectivity index (χ1v) is 5.47. The number of allylic oxidation sites excluding steroid dienone is 1. The van der Waals surface area contributed by atoms with Crippen LogP contribution in [0.15, 0.2) is 11.1 Å². The van der Waals surface area contributed by atoms with Gasteiger partial charge in [0.05, 0.1) is 18.0 Å². The number of alkyl halides is 3. The van der Waals surface area contributed by atoms with Gasteiger partial charge in [0, 0.05) is 12.5 Å². The van der Waals surface area contributed by atoms with Gasteiger partial charge < -0.3 is 9.74 Å². The molecule has 1 saturated heterocycles. The number of hydrogen-bond donors (Lipinski definition) is 1. The fourth-order valence-electron chi connectivity index (χ4n) is 1.69. The van der Waals surface area contributed by atoms with Gasteiger partial charge in [-0.3, -0.25) is 0 Å². The predicted octanol–water partition coefficient (Wildman–Crippen LogP) is 1.69. The highest BCUT2D eigenvalue weighted by atomic mass is 32.2. The SMILES string of the molecule is CN1C(C(F)(F)F)=CSC1C1CCON1. The minimum atomic E-state index is -4.27. The van der Waals surface area contributed by atoms with Crippen molar-refractivity contribution in [2.75, 3.05) is 13.7 Å². The molecular formula is C8H11F3N2OS. The lowest BCUT2D eigenvalue weighted by atomic mass is 10.2. The molecule has 0 saturated carbocycles. The van der Waals surface area contributed by atoms with Crippen molar-refractivity contribution in [1.29, 1.82) is 0 Å². The van der Waals surface area contributed by atoms with Crippen LogP contribution in [0.2, 0.25) is 0 Å². The molecule has 3 nitrogen and oxygen atoms in total. The molecule has 0 spiro atoms. The van der Waals surface area contributed by atoms with Crippen LogP contribution < -0.4 is 5.48 Å². The van der Waals surface area contributed by atoms with Crippen LogP contribution in [0.4, 0.5) is 13.2 Å². The number of nitrogens with one attached hydrogen (secondary N) is 1. The van der Waals surface area contributed by atoms with Crippen molar-refractivity contribution in [2.45, 2.75) is 24.0 Å². The van der Waals surface area contributed by atoms with Crippen LogP contribution in [0.25, 0.3) is 0 Å². The summed E-state index contributed by atoms with van der Waals surface area (Å²) >= 11 is 1.18. The van der Waals surface area contributed by atoms with E-state index in [0.717, 1.165) is 6.42 Å². The molecule has 2 unspecified atom stereocenters. The van der Waals surface area contributed by atoms with Gasteiger partial charge in [-0.2, -0.15) is 18.7 Å². The third kappa shape index (κ3) is 2.09. The van der Waals surface area contributed by atoms with E-state index in [1.54, 1.807) is 0 Å². The number of nitrogens with zero attached hydrogens (tertiary/aromatic N) is 1. The number of halogens is 3. The van der Waals surface area contributed by atoms with Gasteiger partial charge in [-0.15, -0.1) is 11.8 Å². The summed E-state index contributed by atoms with van der Waals surface area (Å²) in [7, 11) is 1.46. The van der Waals surface area contributed by atoms with Crippen molar-refractivity contribution in [3.63, 3.8) is 0 Å². The van der Waals surface area contributed by atoms with E-state index < -0.39 is 11.9 Å². The number of rotatable bonds is 1. The highest BCUT2D eigenvalue weighted by Crippen LogP contribution is 2.40. The minimum Gasteiger partial charge on any atom is -0.356 e. The van der Waals surface area contributed by atoms with Crippen LogP contribution in [-0.2, 0) is 4.84 Å². The lowest BCUT2D eigenvalue weighted by Crippen LogP contribution is -2.42. The molecule has 2 aliphatic heterocycles. The zero-order chi connectivity index (χ0) is 11.1. The van der Waals surface area contributed by atoms with Crippen LogP contribution in [-0.4, -0.2) is 36.1 Å². The molecule has 0 radical (unpaired) electrons. The molecule has 0 aromatic carbocycles. The van der Waals surface area contributed by atoms with Gasteiger partial charge in [-0.05, 0) is 6.42 Å². The van der Waals surface area contributed by atoms with Crippen molar-refractivity contribution < 1.29 is 18.0 Å². The van der Waals surface area contributed by atoms with E-state index >= 15 is 0 Å². The molecule has 0 aromatic heterocycles. The zero-order valence-corrected chi connectivity index (χ0v) is 8.86. The summed E-state index contributed by atoms with van der Waals surface area (Å²) in [5, 5.41) is 0.939. The van der Waals surface area contributed by atoms with E-state index in [1.807, 2.05) is 0 Å². The second kappa shape index (κ2) is 3.88. The highest BCUT2D eigenvalue weighted by molar-refractivity contribution is 8.03. The summed E-state index contributed by atoms with van der Waals surface area (Å²) in [5.74, 6) is 0. The first-order valence-electron chi connectivity index (χ1n) is 4.53. The molecule has 2 atom stereocenters. The van der Waals surface area contributed by atoms with Crippen LogP contribution in [0.3, 0.4) is 0 Å². The topological polar surface area (TPSA) is 24.5 Å². The average Bonchev–Trinajstić information content (AvgIpc) is 2.69. The summed E-state index contributed by atoms with van der Waals surface area (Å²) < 4.78 is 37.5. The van der Waals surface area contributed by atoms with Crippen LogP contribution in [0, 0.1) is 0 Å². The van der Waals surface area contributed by atoms with Gasteiger partial charge >= 0.3 is 6.18 Å². The Kier molecular flexibility index (Phi) is 2.87. The Hall–Kier alpha value is -0.400. The normalized spacial score (nSPS) is 32.3. The molecule has 15 heavy (non-hydrogen) atoms. The molecule has 0 aliphatic carbocycles. The van der Waals surface area contributed by atoms with Crippen molar-refractivity contribution in [2.24, 2.45) is 0 Å². The van der Waals surface area contributed by atoms with Gasteiger partial charge in [0.1, 0.15) is 5.70 Å². The van der Waals surface area contributed by atoms with E-state index in [4.69, 9.17) is 4.84 Å². The van der Waals surface area contributed by atoms with Crippen molar-refractivity contribution >= 4 is 11.8 Å². The maximum Gasteiger partial charge on any atom is 0.431 e. The van der Waals surface area contributed by atoms with E-state index in [2.05, 4.69) is 5.48 Å². The molecule has 2 rings (SSSR count). The summed E-state index contributed by atoms with van der Waals surface area (Å²) in [6.07, 6.45) is -3.53. The van der Waals surface area contributed by atoms with Crippen molar-refractivity contribution in [3.8, 4) is 0 Å². The molecule has 0 amide bonds. The second-order valence-corrected chi connectivity index (χ2v) is 4.49. The molecule has 2 heterocycles. The summed E-state index contributed by atoms with van der Waals surface area (Å²) in [5.41, 5.74) is 2.16. The Balaban J connectivity index is 2.04. The molecule has 0 bridgehead atoms. The Morgan fingerprint density at radius 2 is 2.33 bits per heavy atom. The standard InChI is InChI=1S/C8H11F3N2OS/c1-13-6(8(9,10)11)4-15-7(13)5-2-3-14-12-5/h4-5,7,12H,2-3H2,1H3. The third-order valence-corrected chi connectivity index (χ3v) is 3.76. The Labute approximate surface area is 89.6 Å². The van der Waals surface area contributed by atoms with Crippen LogP contribution in [0.5, 0.6) is 0 Å². The fraction of sp³-hybridized carbons (Fsp3) is 0.750. The van der Waals surface area contributed by atoms with E-state index in [0.29, 0.717) is 6.61 Å². The molecule has 1 N–H and O–H groups in total. The predicted molar refractivity (Wildman–Crippen MR) is 50.8 cm³/mol. The Morgan fingerprint density at radius 1 is 1.60 bits per heavy atom. The van der Waals surface area contributed by atoms with Crippen LogP contribution >= 0.6 is 11.8 Å². The first-order chi connectivity index (χ1) is 7.00. The van der Waals surface area contributed by atoms with Gasteiger partial charge in [-0.25, -0.2) is 0 Å². The van der Waals surface area contributed by atoms with Gasteiger partial charge in [0.25, 0.3) is 0 Å². The molecule has 0 aromatic rings. The number of likely N-dealkylation sites (N-methyl/N-ethyl adjacent to an activating group) is 1. The smallest absolute Gasteiger partial charge is 0.356 e. The maximum absolute atomic E-state index is 12.5. The highest BCUT2D eigenvalue weighted by Gasteiger charge is 2.44. The summed E-state index contributed by atoms with van der Waals surface area (Å²) in [6.45, 7) is 0.552. The van der Waals surface area contributed by atoms with E-state index in [9.17, 15) is 13.2 Å². The minimum absolute atomic E-state index is 0.0453. The van der Waals surface area contributed by atoms with E-state index in [1.165, 1.54) is 29.1 Å². The van der Waals surface area contributed by atoms with E-state index in [-0.39, 0.29) is 11.4 Å². The summed E-state index contributed by atoms with van der Waals surface area (Å²) in [4.78, 5) is 6.21. The van der Waals surface area contributed by atoms with Crippen LogP contribution in [0.1, 0.15) is 6.42 Å². The van der Waals surface area contributed by atoms with Gasteiger partial charge in [0.15, 0.2) is 0 Å². The molecular weight excluding hydrogens is 229 g/mol. The van der Waals surface area contributed by atoms with Gasteiger partial charge in [-0.1, -0.05) is 0 Å². The fourth-order valence-corrected chi connectivity index (χ4v) is 2.93. The Morgan fingerprint density at radius 3 is 2.80 bits per heavy atom. The lowest BCUT2D eigenvalue weighted by molar-refractivity contribution is -0.110. The summed E-state index contributed by atoms with van der Waals surface area (Å²) in [6, 6.07) is -0.0453. The first kappa shape index (κ1) is 11.1. The Bertz CT molecular complexity index is 276. The second-order valence-electron chi connectivity index (χ2n) is 3.50. The zero-order valence-electron chi connectivity index (χ0n) is 8.04. The van der Waals surface area contributed by atoms with Crippen molar-refractivity contribution in [3.05, 3.63) is 11.1 Å². The monoisotopic (exact) mass is 240 g/mol. The number of hydrogen-bond acceptors (Lipinski definition) is 4. The van der Waals surface area contributed by atoms with Gasteiger partial charge in [0.2, 0.25) is 0 Å². The lowest BCUT2D eigenvalue weighted by Gasteiger charge is -2.28. The number of hydroxylamine groups is 1. The van der Waals surface area contributed by atoms with Crippen molar-refractivity contribution in [1.82, 2.24) is 10.4 Å². The molecule has 1 fully saturated rings. The maximum atomic E-state index is 12.5. The molecule has 7 heteroatoms. The third-order valence-electron chi connectivity index (χ3n) is 2.48. The molecule has 86 valence electrons. The largest absolute Gasteiger partial charge is 0.431 e.